The number of carbonyl (C=O) groups excluding carboxylic acids is 1. The Morgan fingerprint density at radius 3 is 2.55 bits per heavy atom. The highest BCUT2D eigenvalue weighted by Gasteiger charge is 2.23. The Labute approximate surface area is 179 Å². The minimum Gasteiger partial charge on any atom is -0.486 e. The van der Waals surface area contributed by atoms with Gasteiger partial charge in [-0.25, -0.2) is 8.42 Å². The van der Waals surface area contributed by atoms with Crippen LogP contribution in [-0.2, 0) is 21.2 Å². The van der Waals surface area contributed by atoms with Gasteiger partial charge in [0.15, 0.2) is 11.5 Å². The number of sulfonamides is 1. The molecule has 0 fully saturated rings. The summed E-state index contributed by atoms with van der Waals surface area (Å²) in [5.74, 6) is 0.701. The van der Waals surface area contributed by atoms with Gasteiger partial charge in [0.25, 0.3) is 0 Å². The zero-order chi connectivity index (χ0) is 21.0. The van der Waals surface area contributed by atoms with Crippen LogP contribution in [0.1, 0.15) is 5.56 Å². The van der Waals surface area contributed by atoms with Crippen LogP contribution < -0.4 is 14.8 Å². The Morgan fingerprint density at radius 2 is 1.83 bits per heavy atom. The van der Waals surface area contributed by atoms with Gasteiger partial charge in [-0.15, -0.1) is 0 Å². The van der Waals surface area contributed by atoms with Crippen molar-refractivity contribution in [2.45, 2.75) is 11.3 Å². The van der Waals surface area contributed by atoms with Crippen molar-refractivity contribution < 1.29 is 22.7 Å². The molecular formula is C19H20Cl2N2O5S. The molecule has 3 rings (SSSR count). The van der Waals surface area contributed by atoms with Crippen molar-refractivity contribution in [3.8, 4) is 11.5 Å². The number of amides is 1. The molecule has 0 spiro atoms. The van der Waals surface area contributed by atoms with Crippen LogP contribution in [0.15, 0.2) is 41.3 Å². The summed E-state index contributed by atoms with van der Waals surface area (Å²) >= 11 is 12.0. The number of fused-ring (bicyclic) bond motifs is 1. The maximum absolute atomic E-state index is 12.5. The SMILES string of the molecule is CN(CC(=O)NCCc1cc(Cl)c2c(c1)OCCO2)S(=O)(=O)c1ccc(Cl)cc1. The molecule has 1 amide bonds. The average molecular weight is 459 g/mol. The van der Waals surface area contributed by atoms with Gasteiger partial charge in [-0.05, 0) is 48.4 Å². The largest absolute Gasteiger partial charge is 0.486 e. The van der Waals surface area contributed by atoms with Gasteiger partial charge in [-0.2, -0.15) is 4.31 Å². The molecule has 0 unspecified atom stereocenters. The normalized spacial score (nSPS) is 13.4. The lowest BCUT2D eigenvalue weighted by atomic mass is 10.1. The summed E-state index contributed by atoms with van der Waals surface area (Å²) < 4.78 is 37.0. The first-order valence-corrected chi connectivity index (χ1v) is 11.0. The minimum atomic E-state index is -3.78. The number of benzene rings is 2. The third-order valence-corrected chi connectivity index (χ3v) is 6.63. The molecule has 2 aromatic rings. The van der Waals surface area contributed by atoms with Gasteiger partial charge in [0.1, 0.15) is 13.2 Å². The van der Waals surface area contributed by atoms with Crippen LogP contribution >= 0.6 is 23.2 Å². The van der Waals surface area contributed by atoms with Crippen molar-refractivity contribution in [2.24, 2.45) is 0 Å². The Balaban J connectivity index is 1.53. The first-order valence-electron chi connectivity index (χ1n) is 8.84. The molecule has 1 aliphatic rings. The number of likely N-dealkylation sites (N-methyl/N-ethyl adjacent to an activating group) is 1. The Hall–Kier alpha value is -2.00. The molecule has 0 saturated carbocycles. The van der Waals surface area contributed by atoms with Crippen LogP contribution in [0.4, 0.5) is 0 Å². The van der Waals surface area contributed by atoms with E-state index >= 15 is 0 Å². The van der Waals surface area contributed by atoms with Crippen molar-refractivity contribution in [3.05, 3.63) is 52.0 Å². The lowest BCUT2D eigenvalue weighted by Gasteiger charge is -2.20. The second-order valence-corrected chi connectivity index (χ2v) is 9.31. The van der Waals surface area contributed by atoms with Gasteiger partial charge >= 0.3 is 0 Å². The molecule has 1 N–H and O–H groups in total. The van der Waals surface area contributed by atoms with Crippen molar-refractivity contribution >= 4 is 39.1 Å². The third-order valence-electron chi connectivity index (χ3n) is 4.28. The fourth-order valence-electron chi connectivity index (χ4n) is 2.78. The summed E-state index contributed by atoms with van der Waals surface area (Å²) in [5, 5.41) is 3.60. The van der Waals surface area contributed by atoms with Crippen LogP contribution in [0.2, 0.25) is 10.0 Å². The topological polar surface area (TPSA) is 84.9 Å². The molecule has 1 heterocycles. The fourth-order valence-corrected chi connectivity index (χ4v) is 4.33. The zero-order valence-corrected chi connectivity index (χ0v) is 18.0. The smallest absolute Gasteiger partial charge is 0.243 e. The van der Waals surface area contributed by atoms with Gasteiger partial charge in [-0.1, -0.05) is 23.2 Å². The standard InChI is InChI=1S/C19H20Cl2N2O5S/c1-23(29(25,26)15-4-2-14(20)3-5-15)12-18(24)22-7-6-13-10-16(21)19-17(11-13)27-8-9-28-19/h2-5,10-11H,6-9,12H2,1H3,(H,22,24). The highest BCUT2D eigenvalue weighted by molar-refractivity contribution is 7.89. The third kappa shape index (κ3) is 5.33. The number of nitrogens with zero attached hydrogens (tertiary/aromatic N) is 1. The monoisotopic (exact) mass is 458 g/mol. The Kier molecular flexibility index (Phi) is 6.89. The average Bonchev–Trinajstić information content (AvgIpc) is 2.68. The molecule has 156 valence electrons. The van der Waals surface area contributed by atoms with Crippen molar-refractivity contribution in [2.75, 3.05) is 33.4 Å². The molecule has 0 atom stereocenters. The van der Waals surface area contributed by atoms with E-state index in [9.17, 15) is 13.2 Å². The molecule has 0 aromatic heterocycles. The number of rotatable bonds is 7. The lowest BCUT2D eigenvalue weighted by molar-refractivity contribution is -0.121. The highest BCUT2D eigenvalue weighted by atomic mass is 35.5. The van der Waals surface area contributed by atoms with Crippen molar-refractivity contribution in [1.82, 2.24) is 9.62 Å². The van der Waals surface area contributed by atoms with Crippen LogP contribution in [0, 0.1) is 0 Å². The number of ether oxygens (including phenoxy) is 2. The van der Waals surface area contributed by atoms with Crippen LogP contribution in [-0.4, -0.2) is 52.0 Å². The molecule has 10 heteroatoms. The summed E-state index contributed by atoms with van der Waals surface area (Å²) in [5.41, 5.74) is 0.877. The van der Waals surface area contributed by atoms with Gasteiger partial charge < -0.3 is 14.8 Å². The first-order chi connectivity index (χ1) is 13.8. The predicted octanol–water partition coefficient (Wildman–Crippen LogP) is 2.74. The molecule has 1 aliphatic heterocycles. The van der Waals surface area contributed by atoms with Gasteiger partial charge in [0, 0.05) is 18.6 Å². The van der Waals surface area contributed by atoms with Gasteiger partial charge in [-0.3, -0.25) is 4.79 Å². The molecule has 7 nitrogen and oxygen atoms in total. The van der Waals surface area contributed by atoms with E-state index < -0.39 is 15.9 Å². The molecule has 0 aliphatic carbocycles. The lowest BCUT2D eigenvalue weighted by Crippen LogP contribution is -2.39. The second-order valence-electron chi connectivity index (χ2n) is 6.42. The summed E-state index contributed by atoms with van der Waals surface area (Å²) in [6.07, 6.45) is 0.510. The molecule has 0 radical (unpaired) electrons. The van der Waals surface area contributed by atoms with Crippen molar-refractivity contribution in [3.63, 3.8) is 0 Å². The van der Waals surface area contributed by atoms with Crippen LogP contribution in [0.5, 0.6) is 11.5 Å². The van der Waals surface area contributed by atoms with E-state index in [-0.39, 0.29) is 11.4 Å². The van der Waals surface area contributed by atoms with Gasteiger partial charge in [0.05, 0.1) is 16.5 Å². The number of hydrogen-bond donors (Lipinski definition) is 1. The van der Waals surface area contributed by atoms with E-state index in [1.165, 1.54) is 31.3 Å². The van der Waals surface area contributed by atoms with E-state index in [1.54, 1.807) is 6.07 Å². The molecular weight excluding hydrogens is 439 g/mol. The number of hydrogen-bond acceptors (Lipinski definition) is 5. The predicted molar refractivity (Wildman–Crippen MR) is 110 cm³/mol. The summed E-state index contributed by atoms with van der Waals surface area (Å²) in [4.78, 5) is 12.2. The first kappa shape index (κ1) is 21.7. The van der Waals surface area contributed by atoms with E-state index in [2.05, 4.69) is 5.32 Å². The van der Waals surface area contributed by atoms with E-state index in [0.717, 1.165) is 9.87 Å². The number of carbonyl (C=O) groups is 1. The zero-order valence-electron chi connectivity index (χ0n) is 15.7. The summed E-state index contributed by atoms with van der Waals surface area (Å²) in [6, 6.07) is 9.36. The maximum atomic E-state index is 12.5. The van der Waals surface area contributed by atoms with Gasteiger partial charge in [0.2, 0.25) is 15.9 Å². The van der Waals surface area contributed by atoms with E-state index in [4.69, 9.17) is 32.7 Å². The number of nitrogens with one attached hydrogen (secondary N) is 1. The maximum Gasteiger partial charge on any atom is 0.243 e. The van der Waals surface area contributed by atoms with E-state index in [0.29, 0.717) is 47.7 Å². The Bertz CT molecular complexity index is 996. The Morgan fingerprint density at radius 1 is 1.14 bits per heavy atom. The summed E-state index contributed by atoms with van der Waals surface area (Å²) in [6.45, 7) is 0.934. The highest BCUT2D eigenvalue weighted by Crippen LogP contribution is 2.38. The molecule has 2 aromatic carbocycles. The minimum absolute atomic E-state index is 0.0723. The van der Waals surface area contributed by atoms with Crippen molar-refractivity contribution in [1.29, 1.82) is 0 Å². The molecule has 0 saturated heterocycles. The quantitative estimate of drug-likeness (QED) is 0.689. The van der Waals surface area contributed by atoms with E-state index in [1.807, 2.05) is 6.07 Å². The fraction of sp³-hybridized carbons (Fsp3) is 0.316. The number of halogens is 2. The van der Waals surface area contributed by atoms with Crippen LogP contribution in [0.25, 0.3) is 0 Å². The molecule has 0 bridgehead atoms. The second kappa shape index (κ2) is 9.21. The summed E-state index contributed by atoms with van der Waals surface area (Å²) in [7, 11) is -2.43. The molecule has 29 heavy (non-hydrogen) atoms. The van der Waals surface area contributed by atoms with Crippen LogP contribution in [0.3, 0.4) is 0 Å².